The predicted octanol–water partition coefficient (Wildman–Crippen LogP) is 4.36. The van der Waals surface area contributed by atoms with Gasteiger partial charge < -0.3 is 5.73 Å². The van der Waals surface area contributed by atoms with Crippen molar-refractivity contribution in [2.45, 2.75) is 37.6 Å². The van der Waals surface area contributed by atoms with Gasteiger partial charge in [-0.05, 0) is 36.8 Å². The summed E-state index contributed by atoms with van der Waals surface area (Å²) in [5, 5.41) is 0. The average molecular weight is 288 g/mol. The Morgan fingerprint density at radius 1 is 1.47 bits per heavy atom. The lowest BCUT2D eigenvalue weighted by Gasteiger charge is -2.10. The Morgan fingerprint density at radius 2 is 2.20 bits per heavy atom. The van der Waals surface area contributed by atoms with Crippen LogP contribution in [0, 0.1) is 0 Å². The Balaban J connectivity index is 2.65. The number of benzene rings is 1. The second-order valence-electron chi connectivity index (χ2n) is 3.67. The number of halogens is 1. The van der Waals surface area contributed by atoms with E-state index >= 15 is 0 Å². The smallest absolute Gasteiger partial charge is 0.0277 e. The fraction of sp³-hybridized carbons (Fsp3) is 0.500. The zero-order chi connectivity index (χ0) is 11.3. The molecule has 1 nitrogen and oxygen atoms in total. The number of hydrogen-bond acceptors (Lipinski definition) is 2. The van der Waals surface area contributed by atoms with Crippen LogP contribution in [0.4, 0.5) is 0 Å². The third kappa shape index (κ3) is 4.17. The molecular formula is C12H18BrNS. The van der Waals surface area contributed by atoms with E-state index < -0.39 is 0 Å². The van der Waals surface area contributed by atoms with Crippen molar-refractivity contribution >= 4 is 27.7 Å². The van der Waals surface area contributed by atoms with Crippen LogP contribution in [-0.4, -0.2) is 5.75 Å². The molecular weight excluding hydrogens is 270 g/mol. The van der Waals surface area contributed by atoms with Gasteiger partial charge in [0.2, 0.25) is 0 Å². The van der Waals surface area contributed by atoms with Crippen molar-refractivity contribution < 1.29 is 0 Å². The van der Waals surface area contributed by atoms with Crippen molar-refractivity contribution in [1.29, 1.82) is 0 Å². The molecule has 2 N–H and O–H groups in total. The summed E-state index contributed by atoms with van der Waals surface area (Å²) in [6.07, 6.45) is 2.53. The number of nitrogens with two attached hydrogens (primary N) is 1. The Bertz CT molecular complexity index is 312. The third-order valence-corrected chi connectivity index (χ3v) is 4.00. The summed E-state index contributed by atoms with van der Waals surface area (Å²) in [7, 11) is 0. The molecule has 0 bridgehead atoms. The second kappa shape index (κ2) is 6.56. The Morgan fingerprint density at radius 3 is 2.73 bits per heavy atom. The van der Waals surface area contributed by atoms with E-state index in [1.807, 2.05) is 18.7 Å². The number of unbranched alkanes of at least 4 members (excludes halogenated alkanes) is 1. The molecule has 0 fully saturated rings. The zero-order valence-corrected chi connectivity index (χ0v) is 11.7. The average Bonchev–Trinajstić information content (AvgIpc) is 2.17. The van der Waals surface area contributed by atoms with E-state index in [9.17, 15) is 0 Å². The molecule has 0 saturated carbocycles. The molecule has 3 heteroatoms. The molecule has 0 aliphatic carbocycles. The summed E-state index contributed by atoms with van der Waals surface area (Å²) >= 11 is 5.47. The van der Waals surface area contributed by atoms with Crippen LogP contribution < -0.4 is 5.73 Å². The predicted molar refractivity (Wildman–Crippen MR) is 72.4 cm³/mol. The first-order valence-electron chi connectivity index (χ1n) is 5.33. The van der Waals surface area contributed by atoms with Crippen molar-refractivity contribution in [3.8, 4) is 0 Å². The van der Waals surface area contributed by atoms with Gasteiger partial charge in [-0.25, -0.2) is 0 Å². The lowest BCUT2D eigenvalue weighted by molar-refractivity contribution is 0.811. The lowest BCUT2D eigenvalue weighted by atomic mass is 10.1. The molecule has 1 atom stereocenters. The van der Waals surface area contributed by atoms with Crippen LogP contribution in [-0.2, 0) is 0 Å². The van der Waals surface area contributed by atoms with Crippen molar-refractivity contribution in [3.63, 3.8) is 0 Å². The molecule has 0 amide bonds. The highest BCUT2D eigenvalue weighted by atomic mass is 79.9. The highest BCUT2D eigenvalue weighted by molar-refractivity contribution is 9.10. The summed E-state index contributed by atoms with van der Waals surface area (Å²) in [6, 6.07) is 6.53. The monoisotopic (exact) mass is 287 g/mol. The molecule has 1 aromatic rings. The molecule has 0 heterocycles. The van der Waals surface area contributed by atoms with E-state index in [-0.39, 0.29) is 6.04 Å². The molecule has 1 rings (SSSR count). The Hall–Kier alpha value is 0.01000. The van der Waals surface area contributed by atoms with Gasteiger partial charge in [0.05, 0.1) is 0 Å². The van der Waals surface area contributed by atoms with Crippen LogP contribution in [0.25, 0.3) is 0 Å². The van der Waals surface area contributed by atoms with Gasteiger partial charge >= 0.3 is 0 Å². The molecule has 0 spiro atoms. The van der Waals surface area contributed by atoms with Crippen LogP contribution in [0.3, 0.4) is 0 Å². The minimum atomic E-state index is 0.0917. The molecule has 0 aliphatic rings. The molecule has 0 aromatic heterocycles. The Labute approximate surface area is 105 Å². The largest absolute Gasteiger partial charge is 0.324 e. The first-order chi connectivity index (χ1) is 7.15. The van der Waals surface area contributed by atoms with Crippen LogP contribution in [0.15, 0.2) is 27.6 Å². The van der Waals surface area contributed by atoms with Gasteiger partial charge in [0, 0.05) is 15.4 Å². The van der Waals surface area contributed by atoms with E-state index in [0.29, 0.717) is 0 Å². The fourth-order valence-electron chi connectivity index (χ4n) is 1.30. The molecule has 15 heavy (non-hydrogen) atoms. The summed E-state index contributed by atoms with van der Waals surface area (Å²) in [4.78, 5) is 1.32. The van der Waals surface area contributed by atoms with Gasteiger partial charge in [0.1, 0.15) is 0 Å². The minimum absolute atomic E-state index is 0.0917. The zero-order valence-electron chi connectivity index (χ0n) is 9.29. The summed E-state index contributed by atoms with van der Waals surface area (Å²) in [5.74, 6) is 1.19. The molecule has 0 saturated heterocycles. The van der Waals surface area contributed by atoms with Gasteiger partial charge in [0.25, 0.3) is 0 Å². The number of thioether (sulfide) groups is 1. The van der Waals surface area contributed by atoms with Gasteiger partial charge in [-0.3, -0.25) is 0 Å². The fourth-order valence-corrected chi connectivity index (χ4v) is 3.23. The minimum Gasteiger partial charge on any atom is -0.324 e. The molecule has 84 valence electrons. The highest BCUT2D eigenvalue weighted by Crippen LogP contribution is 2.28. The number of hydrogen-bond donors (Lipinski definition) is 1. The second-order valence-corrected chi connectivity index (χ2v) is 5.70. The van der Waals surface area contributed by atoms with E-state index in [1.54, 1.807) is 0 Å². The van der Waals surface area contributed by atoms with Gasteiger partial charge in [-0.1, -0.05) is 35.3 Å². The summed E-state index contributed by atoms with van der Waals surface area (Å²) in [5.41, 5.74) is 7.03. The van der Waals surface area contributed by atoms with Crippen molar-refractivity contribution in [3.05, 3.63) is 28.2 Å². The molecule has 0 aliphatic heterocycles. The molecule has 0 unspecified atom stereocenters. The van der Waals surface area contributed by atoms with Crippen LogP contribution in [0.5, 0.6) is 0 Å². The number of rotatable bonds is 5. The van der Waals surface area contributed by atoms with E-state index in [0.717, 1.165) is 4.47 Å². The van der Waals surface area contributed by atoms with Crippen molar-refractivity contribution in [2.75, 3.05) is 5.75 Å². The van der Waals surface area contributed by atoms with Crippen LogP contribution >= 0.6 is 27.7 Å². The van der Waals surface area contributed by atoms with Crippen LogP contribution in [0.2, 0.25) is 0 Å². The lowest BCUT2D eigenvalue weighted by Crippen LogP contribution is -2.05. The summed E-state index contributed by atoms with van der Waals surface area (Å²) < 4.78 is 1.12. The maximum Gasteiger partial charge on any atom is 0.0277 e. The maximum absolute atomic E-state index is 5.85. The van der Waals surface area contributed by atoms with Gasteiger partial charge in [0.15, 0.2) is 0 Å². The standard InChI is InChI=1S/C12H18BrNS/c1-3-4-7-15-10-5-6-11(9(2)14)12(13)8-10/h5-6,8-9H,3-4,7,14H2,1-2H3/t9-/m1/s1. The molecule has 0 radical (unpaired) electrons. The summed E-state index contributed by atoms with van der Waals surface area (Å²) in [6.45, 7) is 4.22. The van der Waals surface area contributed by atoms with E-state index in [1.165, 1.54) is 29.1 Å². The third-order valence-electron chi connectivity index (χ3n) is 2.23. The van der Waals surface area contributed by atoms with Gasteiger partial charge in [-0.15, -0.1) is 11.8 Å². The normalized spacial score (nSPS) is 12.8. The van der Waals surface area contributed by atoms with Gasteiger partial charge in [-0.2, -0.15) is 0 Å². The van der Waals surface area contributed by atoms with E-state index in [2.05, 4.69) is 41.1 Å². The van der Waals surface area contributed by atoms with E-state index in [4.69, 9.17) is 5.73 Å². The Kier molecular flexibility index (Phi) is 5.72. The van der Waals surface area contributed by atoms with Crippen molar-refractivity contribution in [2.24, 2.45) is 5.73 Å². The van der Waals surface area contributed by atoms with Crippen LogP contribution in [0.1, 0.15) is 38.3 Å². The SMILES string of the molecule is CCCCSc1ccc([C@@H](C)N)c(Br)c1. The first-order valence-corrected chi connectivity index (χ1v) is 7.10. The molecule has 1 aromatic carbocycles. The quantitative estimate of drug-likeness (QED) is 0.643. The first kappa shape index (κ1) is 13.1. The highest BCUT2D eigenvalue weighted by Gasteiger charge is 2.05. The topological polar surface area (TPSA) is 26.0 Å². The van der Waals surface area contributed by atoms with Crippen molar-refractivity contribution in [1.82, 2.24) is 0 Å². The maximum atomic E-state index is 5.85.